The van der Waals surface area contributed by atoms with Crippen LogP contribution in [0.1, 0.15) is 0 Å². The molecule has 0 aliphatic rings. The van der Waals surface area contributed by atoms with Gasteiger partial charge in [-0.15, -0.1) is 5.75 Å². The van der Waals surface area contributed by atoms with Gasteiger partial charge in [0.15, 0.2) is 0 Å². The van der Waals surface area contributed by atoms with E-state index in [0.717, 1.165) is 15.6 Å². The third kappa shape index (κ3) is 2.85. The molecule has 0 spiro atoms. The van der Waals surface area contributed by atoms with Crippen LogP contribution in [0.3, 0.4) is 0 Å². The van der Waals surface area contributed by atoms with Crippen molar-refractivity contribution in [1.82, 2.24) is 0 Å². The molecule has 0 N–H and O–H groups in total. The Morgan fingerprint density at radius 2 is 1.33 bits per heavy atom. The number of benzene rings is 2. The molecule has 0 atom stereocenters. The predicted molar refractivity (Wildman–Crippen MR) is 59.0 cm³/mol. The zero-order valence-corrected chi connectivity index (χ0v) is 12.0. The summed E-state index contributed by atoms with van der Waals surface area (Å²) in [6.45, 7) is 0. The summed E-state index contributed by atoms with van der Waals surface area (Å²) < 4.78 is 0.948. The molecule has 0 aromatic heterocycles. The molecule has 0 saturated carbocycles. The summed E-state index contributed by atoms with van der Waals surface area (Å²) in [6, 6.07) is 14.8. The van der Waals surface area contributed by atoms with Crippen molar-refractivity contribution in [3.05, 3.63) is 53.0 Å². The molecule has 2 rings (SSSR count). The van der Waals surface area contributed by atoms with E-state index in [1.165, 1.54) is 0 Å². The minimum absolute atomic E-state index is 0. The van der Waals surface area contributed by atoms with E-state index in [-0.39, 0.29) is 35.3 Å². The number of para-hydroxylation sites is 1. The Balaban J connectivity index is 0.00000112. The summed E-state index contributed by atoms with van der Waals surface area (Å²) >= 11 is 3.43. The molecule has 0 saturated heterocycles. The van der Waals surface area contributed by atoms with E-state index in [1.807, 2.05) is 36.4 Å². The summed E-state index contributed by atoms with van der Waals surface area (Å²) in [5, 5.41) is 11.6. The number of hydrogen-bond acceptors (Lipinski definition) is 1. The first-order chi connectivity index (χ1) is 6.79. The first-order valence-electron chi connectivity index (χ1n) is 4.30. The smallest absolute Gasteiger partial charge is 0.872 e. The summed E-state index contributed by atoms with van der Waals surface area (Å²) in [5.41, 5.74) is 1.68. The van der Waals surface area contributed by atoms with Crippen LogP contribution in [0.5, 0.6) is 5.75 Å². The fourth-order valence-electron chi connectivity index (χ4n) is 1.37. The Labute approximate surface area is 120 Å². The molecule has 0 heterocycles. The molecule has 0 unspecified atom stereocenters. The van der Waals surface area contributed by atoms with Gasteiger partial charge in [0.05, 0.1) is 0 Å². The molecule has 0 bridgehead atoms. The van der Waals surface area contributed by atoms with Crippen LogP contribution in [-0.2, 0) is 0 Å². The van der Waals surface area contributed by atoms with Crippen LogP contribution in [-0.4, -0.2) is 0 Å². The van der Waals surface area contributed by atoms with E-state index in [0.29, 0.717) is 0 Å². The van der Waals surface area contributed by atoms with Gasteiger partial charge in [-0.1, -0.05) is 58.4 Å². The van der Waals surface area contributed by atoms with Crippen molar-refractivity contribution < 1.29 is 34.7 Å². The zero-order valence-electron chi connectivity index (χ0n) is 8.41. The molecular formula is C12H8BrNaO. The Bertz CT molecular complexity index is 413. The Kier molecular flexibility index (Phi) is 4.87. The Morgan fingerprint density at radius 3 is 1.93 bits per heavy atom. The molecule has 0 fully saturated rings. The van der Waals surface area contributed by atoms with E-state index in [4.69, 9.17) is 0 Å². The molecule has 15 heavy (non-hydrogen) atoms. The molecule has 0 radical (unpaired) electrons. The Morgan fingerprint density at radius 1 is 0.800 bits per heavy atom. The van der Waals surface area contributed by atoms with Crippen LogP contribution in [0.25, 0.3) is 11.1 Å². The van der Waals surface area contributed by atoms with Gasteiger partial charge in [-0.3, -0.25) is 0 Å². The van der Waals surface area contributed by atoms with E-state index < -0.39 is 0 Å². The van der Waals surface area contributed by atoms with Gasteiger partial charge in [0.1, 0.15) is 0 Å². The molecular weight excluding hydrogens is 263 g/mol. The van der Waals surface area contributed by atoms with E-state index in [2.05, 4.69) is 15.9 Å². The number of hydrogen-bond donors (Lipinski definition) is 0. The van der Waals surface area contributed by atoms with Crippen LogP contribution in [0.4, 0.5) is 0 Å². The first-order valence-corrected chi connectivity index (χ1v) is 5.09. The SMILES string of the molecule is [Na+].[O-]c1ccccc1-c1ccccc1Br. The van der Waals surface area contributed by atoms with Gasteiger partial charge in [0, 0.05) is 4.47 Å². The standard InChI is InChI=1S/C12H9BrO.Na/c13-11-7-3-1-5-9(11)10-6-2-4-8-12(10)14;/h1-8,14H;/q;+1/p-1. The zero-order chi connectivity index (χ0) is 9.97. The van der Waals surface area contributed by atoms with Crippen molar-refractivity contribution in [2.24, 2.45) is 0 Å². The van der Waals surface area contributed by atoms with E-state index in [9.17, 15) is 5.11 Å². The van der Waals surface area contributed by atoms with Crippen LogP contribution in [0.15, 0.2) is 53.0 Å². The van der Waals surface area contributed by atoms with Gasteiger partial charge in [-0.05, 0) is 17.2 Å². The molecule has 3 heteroatoms. The van der Waals surface area contributed by atoms with Crippen molar-refractivity contribution in [2.75, 3.05) is 0 Å². The van der Waals surface area contributed by atoms with Crippen LogP contribution >= 0.6 is 15.9 Å². The predicted octanol–water partition coefficient (Wildman–Crippen LogP) is 0.194. The molecule has 0 amide bonds. The fraction of sp³-hybridized carbons (Fsp3) is 0. The summed E-state index contributed by atoms with van der Waals surface area (Å²) in [7, 11) is 0. The molecule has 2 aromatic rings. The third-order valence-corrected chi connectivity index (χ3v) is 2.74. The van der Waals surface area contributed by atoms with Crippen molar-refractivity contribution in [3.63, 3.8) is 0 Å². The van der Waals surface area contributed by atoms with Crippen molar-refractivity contribution in [2.45, 2.75) is 0 Å². The van der Waals surface area contributed by atoms with Gasteiger partial charge in [-0.2, -0.15) is 0 Å². The molecule has 0 aliphatic carbocycles. The molecule has 70 valence electrons. The summed E-state index contributed by atoms with van der Waals surface area (Å²) in [4.78, 5) is 0. The first kappa shape index (κ1) is 12.8. The maximum atomic E-state index is 11.6. The molecule has 1 nitrogen and oxygen atoms in total. The molecule has 2 aromatic carbocycles. The second kappa shape index (κ2) is 5.71. The van der Waals surface area contributed by atoms with Gasteiger partial charge in [0.25, 0.3) is 0 Å². The summed E-state index contributed by atoms with van der Waals surface area (Å²) in [6.07, 6.45) is 0. The van der Waals surface area contributed by atoms with Crippen molar-refractivity contribution in [3.8, 4) is 16.9 Å². The van der Waals surface area contributed by atoms with Crippen molar-refractivity contribution >= 4 is 15.9 Å². The maximum Gasteiger partial charge on any atom is 1.00 e. The fourth-order valence-corrected chi connectivity index (χ4v) is 1.87. The van der Waals surface area contributed by atoms with Gasteiger partial charge in [0.2, 0.25) is 0 Å². The van der Waals surface area contributed by atoms with Gasteiger partial charge in [-0.25, -0.2) is 0 Å². The maximum absolute atomic E-state index is 11.6. The monoisotopic (exact) mass is 270 g/mol. The topological polar surface area (TPSA) is 23.1 Å². The third-order valence-electron chi connectivity index (χ3n) is 2.05. The van der Waals surface area contributed by atoms with Gasteiger partial charge < -0.3 is 5.11 Å². The summed E-state index contributed by atoms with van der Waals surface area (Å²) in [5.74, 6) is 0.0550. The minimum atomic E-state index is 0. The van der Waals surface area contributed by atoms with Crippen LogP contribution in [0, 0.1) is 0 Å². The largest absolute Gasteiger partial charge is 1.00 e. The van der Waals surface area contributed by atoms with E-state index >= 15 is 0 Å². The second-order valence-corrected chi connectivity index (χ2v) is 3.83. The average Bonchev–Trinajstić information content (AvgIpc) is 2.20. The van der Waals surface area contributed by atoms with Crippen LogP contribution < -0.4 is 34.7 Å². The van der Waals surface area contributed by atoms with Crippen LogP contribution in [0.2, 0.25) is 0 Å². The average molecular weight is 271 g/mol. The quantitative estimate of drug-likeness (QED) is 0.679. The molecule has 0 aliphatic heterocycles. The normalized spacial score (nSPS) is 9.40. The second-order valence-electron chi connectivity index (χ2n) is 2.98. The number of rotatable bonds is 1. The van der Waals surface area contributed by atoms with Gasteiger partial charge >= 0.3 is 29.6 Å². The minimum Gasteiger partial charge on any atom is -0.872 e. The van der Waals surface area contributed by atoms with E-state index in [1.54, 1.807) is 12.1 Å². The Hall–Kier alpha value is -0.280. The number of halogens is 1. The van der Waals surface area contributed by atoms with Crippen molar-refractivity contribution in [1.29, 1.82) is 0 Å².